The summed E-state index contributed by atoms with van der Waals surface area (Å²) in [6.07, 6.45) is 1.20. The first kappa shape index (κ1) is 7.64. The van der Waals surface area contributed by atoms with Crippen molar-refractivity contribution in [3.8, 4) is 0 Å². The molecule has 1 heterocycles. The van der Waals surface area contributed by atoms with Gasteiger partial charge in [-0.2, -0.15) is 0 Å². The second-order valence-corrected chi connectivity index (χ2v) is 4.78. The summed E-state index contributed by atoms with van der Waals surface area (Å²) in [5, 5.41) is 0. The number of hydrogen-bond acceptors (Lipinski definition) is 0. The van der Waals surface area contributed by atoms with Gasteiger partial charge < -0.3 is 0 Å². The zero-order valence-electron chi connectivity index (χ0n) is 6.85. The van der Waals surface area contributed by atoms with Gasteiger partial charge in [0, 0.05) is 6.16 Å². The van der Waals surface area contributed by atoms with Crippen molar-refractivity contribution in [2.24, 2.45) is 0 Å². The highest BCUT2D eigenvalue weighted by Gasteiger charge is 1.92. The first-order chi connectivity index (χ1) is 5.95. The monoisotopic (exact) mass is 174 g/mol. The highest BCUT2D eigenvalue weighted by molar-refractivity contribution is 7.47. The minimum absolute atomic E-state index is 0.0175. The zero-order valence-corrected chi connectivity index (χ0v) is 7.74. The third kappa shape index (κ3) is 1.78. The normalized spacial score (nSPS) is 10.0. The van der Waals surface area contributed by atoms with Crippen LogP contribution in [-0.2, 0) is 6.16 Å². The molecule has 1 aromatic carbocycles. The van der Waals surface area contributed by atoms with E-state index in [4.69, 9.17) is 0 Å². The van der Waals surface area contributed by atoms with E-state index in [0.717, 1.165) is 0 Å². The Bertz CT molecular complexity index is 321. The minimum atomic E-state index is 0.0175. The van der Waals surface area contributed by atoms with Crippen LogP contribution in [0, 0.1) is 0 Å². The van der Waals surface area contributed by atoms with Crippen LogP contribution in [-0.4, -0.2) is 0 Å². The Balaban J connectivity index is 2.15. The van der Waals surface area contributed by atoms with Gasteiger partial charge in [0.2, 0.25) is 0 Å². The van der Waals surface area contributed by atoms with Crippen molar-refractivity contribution in [3.05, 3.63) is 59.6 Å². The van der Waals surface area contributed by atoms with Crippen molar-refractivity contribution in [3.63, 3.8) is 0 Å². The molecule has 0 saturated carbocycles. The van der Waals surface area contributed by atoms with Crippen LogP contribution in [0.3, 0.4) is 0 Å². The highest BCUT2D eigenvalue weighted by Crippen LogP contribution is 2.30. The molecule has 0 nitrogen and oxygen atoms in total. The molecule has 0 aliphatic rings. The lowest BCUT2D eigenvalue weighted by Crippen LogP contribution is -1.74. The lowest BCUT2D eigenvalue weighted by Gasteiger charge is -1.97. The van der Waals surface area contributed by atoms with Crippen LogP contribution in [0.15, 0.2) is 54.1 Å². The van der Waals surface area contributed by atoms with Crippen LogP contribution in [0.1, 0.15) is 5.56 Å². The molecular weight excluding hydrogens is 163 g/mol. The molecule has 2 aromatic rings. The van der Waals surface area contributed by atoms with Crippen molar-refractivity contribution in [2.45, 2.75) is 6.16 Å². The largest absolute Gasteiger partial charge is 0.120 e. The quantitative estimate of drug-likeness (QED) is 0.650. The second-order valence-electron chi connectivity index (χ2n) is 2.84. The predicted molar refractivity (Wildman–Crippen MR) is 54.7 cm³/mol. The molecule has 2 rings (SSSR count). The first-order valence-corrected chi connectivity index (χ1v) is 5.76. The fourth-order valence-corrected chi connectivity index (χ4v) is 2.85. The molecule has 0 aliphatic heterocycles. The maximum absolute atomic E-state index is 2.31. The molecule has 0 radical (unpaired) electrons. The Labute approximate surface area is 73.9 Å². The Kier molecular flexibility index (Phi) is 2.29. The van der Waals surface area contributed by atoms with Crippen molar-refractivity contribution in [2.75, 3.05) is 0 Å². The Morgan fingerprint density at radius 2 is 1.50 bits per heavy atom. The number of rotatable bonds is 2. The van der Waals surface area contributed by atoms with E-state index in [0.29, 0.717) is 0 Å². The SMILES string of the molecule is c1ccc(Cp2cccc2)cc1. The summed E-state index contributed by atoms with van der Waals surface area (Å²) in [6.45, 7) is 0. The summed E-state index contributed by atoms with van der Waals surface area (Å²) in [6, 6.07) is 15.0. The van der Waals surface area contributed by atoms with Gasteiger partial charge in [0.05, 0.1) is 0 Å². The first-order valence-electron chi connectivity index (χ1n) is 4.10. The van der Waals surface area contributed by atoms with Crippen LogP contribution in [0.4, 0.5) is 0 Å². The van der Waals surface area contributed by atoms with E-state index in [2.05, 4.69) is 54.1 Å². The topological polar surface area (TPSA) is 0 Å². The summed E-state index contributed by atoms with van der Waals surface area (Å²) in [5.41, 5.74) is 1.44. The maximum Gasteiger partial charge on any atom is 0.0111 e. The molecule has 0 amide bonds. The lowest BCUT2D eigenvalue weighted by atomic mass is 10.2. The average Bonchev–Trinajstić information content (AvgIpc) is 2.59. The van der Waals surface area contributed by atoms with E-state index in [1.54, 1.807) is 0 Å². The van der Waals surface area contributed by atoms with E-state index in [-0.39, 0.29) is 7.53 Å². The zero-order chi connectivity index (χ0) is 8.23. The lowest BCUT2D eigenvalue weighted by molar-refractivity contribution is 1.41. The number of hydrogen-bond donors (Lipinski definition) is 0. The van der Waals surface area contributed by atoms with Crippen LogP contribution in [0.25, 0.3) is 0 Å². The Morgan fingerprint density at radius 3 is 2.17 bits per heavy atom. The third-order valence-corrected chi connectivity index (χ3v) is 3.71. The van der Waals surface area contributed by atoms with Crippen molar-refractivity contribution < 1.29 is 0 Å². The molecule has 0 aliphatic carbocycles. The molecule has 0 fully saturated rings. The molecule has 0 bridgehead atoms. The maximum atomic E-state index is 2.31. The van der Waals surface area contributed by atoms with Gasteiger partial charge in [-0.1, -0.05) is 42.5 Å². The van der Waals surface area contributed by atoms with Crippen molar-refractivity contribution >= 4 is 7.53 Å². The van der Waals surface area contributed by atoms with Gasteiger partial charge in [-0.15, -0.1) is 7.53 Å². The van der Waals surface area contributed by atoms with Crippen molar-refractivity contribution in [1.29, 1.82) is 0 Å². The van der Waals surface area contributed by atoms with E-state index in [1.807, 2.05) is 0 Å². The second kappa shape index (κ2) is 3.60. The number of benzene rings is 1. The van der Waals surface area contributed by atoms with Crippen molar-refractivity contribution in [1.82, 2.24) is 0 Å². The fourth-order valence-electron chi connectivity index (χ4n) is 1.27. The molecule has 0 saturated heterocycles. The average molecular weight is 174 g/mol. The summed E-state index contributed by atoms with van der Waals surface area (Å²) in [4.78, 5) is 0. The van der Waals surface area contributed by atoms with Gasteiger partial charge in [0.1, 0.15) is 0 Å². The van der Waals surface area contributed by atoms with Gasteiger partial charge in [0.15, 0.2) is 0 Å². The predicted octanol–water partition coefficient (Wildman–Crippen LogP) is 3.72. The smallest absolute Gasteiger partial charge is 0.0111 e. The standard InChI is InChI=1S/C11H11P/c1-2-6-11(7-3-1)10-12-8-4-5-9-12/h1-9H,10H2. The molecule has 0 atom stereocenters. The van der Waals surface area contributed by atoms with Gasteiger partial charge in [-0.05, 0) is 17.2 Å². The molecule has 1 heteroatoms. The van der Waals surface area contributed by atoms with Gasteiger partial charge in [-0.25, -0.2) is 0 Å². The van der Waals surface area contributed by atoms with E-state index < -0.39 is 0 Å². The summed E-state index contributed by atoms with van der Waals surface area (Å²) in [5.74, 6) is 4.62. The molecule has 60 valence electrons. The molecule has 1 aromatic heterocycles. The molecule has 12 heavy (non-hydrogen) atoms. The van der Waals surface area contributed by atoms with Gasteiger partial charge in [-0.3, -0.25) is 0 Å². The van der Waals surface area contributed by atoms with Gasteiger partial charge >= 0.3 is 0 Å². The van der Waals surface area contributed by atoms with E-state index >= 15 is 0 Å². The highest BCUT2D eigenvalue weighted by atomic mass is 31.1. The van der Waals surface area contributed by atoms with Crippen LogP contribution < -0.4 is 0 Å². The molecular formula is C11H11P. The van der Waals surface area contributed by atoms with Crippen LogP contribution in [0.5, 0.6) is 0 Å². The van der Waals surface area contributed by atoms with Crippen LogP contribution >= 0.6 is 7.53 Å². The summed E-state index contributed by atoms with van der Waals surface area (Å²) >= 11 is 0. The molecule has 0 N–H and O–H groups in total. The summed E-state index contributed by atoms with van der Waals surface area (Å²) in [7, 11) is 0.0175. The minimum Gasteiger partial charge on any atom is -0.120 e. The van der Waals surface area contributed by atoms with E-state index in [9.17, 15) is 0 Å². The fraction of sp³-hybridized carbons (Fsp3) is 0.0909. The Morgan fingerprint density at radius 1 is 0.833 bits per heavy atom. The Hall–Kier alpha value is -1.00. The van der Waals surface area contributed by atoms with Gasteiger partial charge in [0.25, 0.3) is 0 Å². The molecule has 0 unspecified atom stereocenters. The third-order valence-electron chi connectivity index (χ3n) is 1.87. The van der Waals surface area contributed by atoms with Crippen LogP contribution in [0.2, 0.25) is 0 Å². The van der Waals surface area contributed by atoms with E-state index in [1.165, 1.54) is 11.7 Å². The molecule has 0 spiro atoms. The summed E-state index contributed by atoms with van der Waals surface area (Å²) < 4.78 is 0.